The summed E-state index contributed by atoms with van der Waals surface area (Å²) >= 11 is 1.75. The lowest BCUT2D eigenvalue weighted by atomic mass is 10.2. The second-order valence-corrected chi connectivity index (χ2v) is 5.03. The number of aromatic nitrogens is 3. The average molecular weight is 258 g/mol. The van der Waals surface area contributed by atoms with E-state index >= 15 is 0 Å². The summed E-state index contributed by atoms with van der Waals surface area (Å²) in [5.74, 6) is 0. The molecule has 3 rings (SSSR count). The molecular weight excluding hydrogens is 244 g/mol. The van der Waals surface area contributed by atoms with Crippen LogP contribution in [0.5, 0.6) is 0 Å². The van der Waals surface area contributed by atoms with Crippen molar-refractivity contribution in [2.75, 3.05) is 6.54 Å². The Bertz CT molecular complexity index is 656. The lowest BCUT2D eigenvalue weighted by Crippen LogP contribution is -2.11. The van der Waals surface area contributed by atoms with E-state index in [0.717, 1.165) is 24.5 Å². The lowest BCUT2D eigenvalue weighted by Gasteiger charge is -1.99. The molecule has 0 radical (unpaired) electrons. The van der Waals surface area contributed by atoms with Gasteiger partial charge in [-0.25, -0.2) is 4.68 Å². The highest BCUT2D eigenvalue weighted by molar-refractivity contribution is 7.17. The van der Waals surface area contributed by atoms with Crippen molar-refractivity contribution in [3.05, 3.63) is 41.5 Å². The zero-order chi connectivity index (χ0) is 12.4. The molecule has 4 nitrogen and oxygen atoms in total. The fourth-order valence-corrected chi connectivity index (χ4v) is 2.63. The first-order valence-electron chi connectivity index (χ1n) is 5.96. The van der Waals surface area contributed by atoms with Crippen LogP contribution in [0.4, 0.5) is 0 Å². The van der Waals surface area contributed by atoms with E-state index in [1.807, 2.05) is 10.9 Å². The number of thiophene rings is 1. The molecule has 3 aromatic rings. The summed E-state index contributed by atoms with van der Waals surface area (Å²) in [5.41, 5.74) is 2.01. The van der Waals surface area contributed by atoms with Gasteiger partial charge in [0, 0.05) is 11.2 Å². The maximum atomic E-state index is 4.16. The van der Waals surface area contributed by atoms with Gasteiger partial charge in [0.05, 0.1) is 17.6 Å². The smallest absolute Gasteiger partial charge is 0.0969 e. The van der Waals surface area contributed by atoms with E-state index in [9.17, 15) is 0 Å². The molecule has 0 aliphatic carbocycles. The standard InChI is InChI=1S/C13H14N4S/c1-2-14-8-11-9-17(16-15-11)12-3-4-13-10(7-12)5-6-18-13/h3-7,9,14H,2,8H2,1H3. The van der Waals surface area contributed by atoms with Gasteiger partial charge in [-0.2, -0.15) is 0 Å². The highest BCUT2D eigenvalue weighted by Crippen LogP contribution is 2.23. The maximum Gasteiger partial charge on any atom is 0.0969 e. The Morgan fingerprint density at radius 1 is 1.33 bits per heavy atom. The molecule has 0 saturated heterocycles. The summed E-state index contributed by atoms with van der Waals surface area (Å²) in [6.07, 6.45) is 1.97. The van der Waals surface area contributed by atoms with E-state index in [4.69, 9.17) is 0 Å². The Kier molecular flexibility index (Phi) is 3.08. The van der Waals surface area contributed by atoms with Crippen molar-refractivity contribution in [1.82, 2.24) is 20.3 Å². The fourth-order valence-electron chi connectivity index (χ4n) is 1.86. The van der Waals surface area contributed by atoms with Crippen LogP contribution in [0.2, 0.25) is 0 Å². The zero-order valence-electron chi connectivity index (χ0n) is 10.1. The molecule has 92 valence electrons. The highest BCUT2D eigenvalue weighted by Gasteiger charge is 2.03. The number of fused-ring (bicyclic) bond motifs is 1. The molecule has 0 aliphatic heterocycles. The van der Waals surface area contributed by atoms with Gasteiger partial charge >= 0.3 is 0 Å². The molecule has 2 heterocycles. The van der Waals surface area contributed by atoms with Gasteiger partial charge in [0.25, 0.3) is 0 Å². The van der Waals surface area contributed by atoms with Gasteiger partial charge in [-0.3, -0.25) is 0 Å². The van der Waals surface area contributed by atoms with E-state index in [0.29, 0.717) is 0 Å². The van der Waals surface area contributed by atoms with E-state index < -0.39 is 0 Å². The molecule has 0 saturated carbocycles. The quantitative estimate of drug-likeness (QED) is 0.782. The Balaban J connectivity index is 1.90. The fraction of sp³-hybridized carbons (Fsp3) is 0.231. The van der Waals surface area contributed by atoms with Crippen molar-refractivity contribution in [1.29, 1.82) is 0 Å². The van der Waals surface area contributed by atoms with Gasteiger partial charge < -0.3 is 5.32 Å². The van der Waals surface area contributed by atoms with Crippen molar-refractivity contribution >= 4 is 21.4 Å². The third-order valence-corrected chi connectivity index (χ3v) is 3.70. The third-order valence-electron chi connectivity index (χ3n) is 2.80. The first-order valence-corrected chi connectivity index (χ1v) is 6.84. The van der Waals surface area contributed by atoms with Crippen molar-refractivity contribution in [2.45, 2.75) is 13.5 Å². The van der Waals surface area contributed by atoms with Crippen LogP contribution < -0.4 is 5.32 Å². The number of hydrogen-bond donors (Lipinski definition) is 1. The minimum Gasteiger partial charge on any atom is -0.311 e. The van der Waals surface area contributed by atoms with E-state index in [1.54, 1.807) is 11.3 Å². The summed E-state index contributed by atoms with van der Waals surface area (Å²) in [6.45, 7) is 3.78. The first-order chi connectivity index (χ1) is 8.86. The minimum absolute atomic E-state index is 0.761. The number of hydrogen-bond acceptors (Lipinski definition) is 4. The van der Waals surface area contributed by atoms with Gasteiger partial charge in [0.15, 0.2) is 0 Å². The molecule has 18 heavy (non-hydrogen) atoms. The maximum absolute atomic E-state index is 4.16. The van der Waals surface area contributed by atoms with Crippen LogP contribution in [0.25, 0.3) is 15.8 Å². The largest absolute Gasteiger partial charge is 0.311 e. The van der Waals surface area contributed by atoms with E-state index in [2.05, 4.69) is 52.2 Å². The van der Waals surface area contributed by atoms with Crippen LogP contribution in [0, 0.1) is 0 Å². The predicted octanol–water partition coefficient (Wildman–Crippen LogP) is 2.59. The summed E-state index contributed by atoms with van der Waals surface area (Å²) in [4.78, 5) is 0. The van der Waals surface area contributed by atoms with Crippen LogP contribution in [0.1, 0.15) is 12.6 Å². The minimum atomic E-state index is 0.761. The van der Waals surface area contributed by atoms with Gasteiger partial charge in [-0.05, 0) is 41.6 Å². The molecule has 0 atom stereocenters. The lowest BCUT2D eigenvalue weighted by molar-refractivity contribution is 0.705. The van der Waals surface area contributed by atoms with Crippen molar-refractivity contribution in [3.63, 3.8) is 0 Å². The molecule has 0 bridgehead atoms. The Labute approximate surface area is 109 Å². The van der Waals surface area contributed by atoms with Gasteiger partial charge in [0.1, 0.15) is 0 Å². The third kappa shape index (κ3) is 2.14. The number of benzene rings is 1. The van der Waals surface area contributed by atoms with Crippen LogP contribution in [0.3, 0.4) is 0 Å². The van der Waals surface area contributed by atoms with E-state index in [1.165, 1.54) is 10.1 Å². The first kappa shape index (κ1) is 11.4. The zero-order valence-corrected chi connectivity index (χ0v) is 10.9. The second-order valence-electron chi connectivity index (χ2n) is 4.08. The molecule has 0 unspecified atom stereocenters. The van der Waals surface area contributed by atoms with Gasteiger partial charge in [-0.1, -0.05) is 12.1 Å². The molecule has 1 N–H and O–H groups in total. The summed E-state index contributed by atoms with van der Waals surface area (Å²) < 4.78 is 3.12. The summed E-state index contributed by atoms with van der Waals surface area (Å²) in [5, 5.41) is 14.9. The van der Waals surface area contributed by atoms with Crippen molar-refractivity contribution in [3.8, 4) is 5.69 Å². The van der Waals surface area contributed by atoms with Crippen LogP contribution in [0.15, 0.2) is 35.8 Å². The Morgan fingerprint density at radius 2 is 2.28 bits per heavy atom. The number of nitrogens with one attached hydrogen (secondary N) is 1. The predicted molar refractivity (Wildman–Crippen MR) is 74.1 cm³/mol. The van der Waals surface area contributed by atoms with Crippen LogP contribution >= 0.6 is 11.3 Å². The molecule has 5 heteroatoms. The molecule has 0 fully saturated rings. The summed E-state index contributed by atoms with van der Waals surface area (Å²) in [7, 11) is 0. The van der Waals surface area contributed by atoms with Crippen LogP contribution in [-0.4, -0.2) is 21.5 Å². The highest BCUT2D eigenvalue weighted by atomic mass is 32.1. The SMILES string of the molecule is CCNCc1cn(-c2ccc3sccc3c2)nn1. The van der Waals surface area contributed by atoms with Gasteiger partial charge in [0.2, 0.25) is 0 Å². The van der Waals surface area contributed by atoms with Gasteiger partial charge in [-0.15, -0.1) is 16.4 Å². The molecule has 0 spiro atoms. The second kappa shape index (κ2) is 4.88. The molecule has 0 amide bonds. The molecule has 2 aromatic heterocycles. The van der Waals surface area contributed by atoms with Crippen LogP contribution in [-0.2, 0) is 6.54 Å². The number of rotatable bonds is 4. The molecular formula is C13H14N4S. The number of nitrogens with zero attached hydrogens (tertiary/aromatic N) is 3. The molecule has 1 aromatic carbocycles. The Morgan fingerprint density at radius 3 is 3.17 bits per heavy atom. The van der Waals surface area contributed by atoms with E-state index in [-0.39, 0.29) is 0 Å². The van der Waals surface area contributed by atoms with Crippen molar-refractivity contribution < 1.29 is 0 Å². The average Bonchev–Trinajstić information content (AvgIpc) is 3.04. The topological polar surface area (TPSA) is 42.7 Å². The Hall–Kier alpha value is -1.72. The monoisotopic (exact) mass is 258 g/mol. The molecule has 0 aliphatic rings. The summed E-state index contributed by atoms with van der Waals surface area (Å²) in [6, 6.07) is 8.46. The normalized spacial score (nSPS) is 11.2. The van der Waals surface area contributed by atoms with Crippen molar-refractivity contribution in [2.24, 2.45) is 0 Å².